The van der Waals surface area contributed by atoms with Crippen LogP contribution in [0, 0.1) is 11.6 Å². The number of anilines is 2. The number of hydrogen-bond donors (Lipinski definition) is 1. The highest BCUT2D eigenvalue weighted by molar-refractivity contribution is 7.97. The highest BCUT2D eigenvalue weighted by Crippen LogP contribution is 2.43. The summed E-state index contributed by atoms with van der Waals surface area (Å²) >= 11 is 7.58. The number of carboxylic acid groups (broad SMARTS) is 1. The second-order valence-corrected chi connectivity index (χ2v) is 10.5. The van der Waals surface area contributed by atoms with Crippen LogP contribution in [0.3, 0.4) is 0 Å². The first-order valence-corrected chi connectivity index (χ1v) is 12.8. The number of para-hydroxylation sites is 1. The van der Waals surface area contributed by atoms with Gasteiger partial charge in [-0.05, 0) is 85.1 Å². The van der Waals surface area contributed by atoms with Gasteiger partial charge in [0.15, 0.2) is 0 Å². The van der Waals surface area contributed by atoms with Gasteiger partial charge in [0.05, 0.1) is 11.3 Å². The summed E-state index contributed by atoms with van der Waals surface area (Å²) in [7, 11) is 2.01. The molecule has 0 aliphatic carbocycles. The molecule has 1 N–H and O–H groups in total. The lowest BCUT2D eigenvalue weighted by Gasteiger charge is -2.30. The highest BCUT2D eigenvalue weighted by Gasteiger charge is 2.29. The monoisotopic (exact) mass is 536 g/mol. The third-order valence-electron chi connectivity index (χ3n) is 6.45. The third kappa shape index (κ3) is 5.34. The van der Waals surface area contributed by atoms with Crippen molar-refractivity contribution in [2.24, 2.45) is 0 Å². The van der Waals surface area contributed by atoms with Crippen molar-refractivity contribution in [3.8, 4) is 11.1 Å². The molecule has 0 fully saturated rings. The minimum Gasteiger partial charge on any atom is -0.478 e. The van der Waals surface area contributed by atoms with E-state index in [1.807, 2.05) is 61.6 Å². The molecule has 8 heteroatoms. The van der Waals surface area contributed by atoms with Crippen LogP contribution in [0.5, 0.6) is 0 Å². The Hall–Kier alpha value is -3.39. The molecule has 37 heavy (non-hydrogen) atoms. The molecule has 0 aromatic heterocycles. The number of nitrogens with zero attached hydrogens (tertiary/aromatic N) is 2. The van der Waals surface area contributed by atoms with Crippen LogP contribution in [0.2, 0.25) is 5.02 Å². The second kappa shape index (κ2) is 10.5. The molecular formula is C29H23ClF2N2O2S. The Morgan fingerprint density at radius 1 is 1.00 bits per heavy atom. The molecule has 0 bridgehead atoms. The molecule has 0 saturated carbocycles. The van der Waals surface area contributed by atoms with Crippen LogP contribution in [0.4, 0.5) is 20.2 Å². The molecule has 1 unspecified atom stereocenters. The lowest BCUT2D eigenvalue weighted by Crippen LogP contribution is -2.37. The standard InChI is InChI=1S/C29H23ClF2N2O2S/c1-33-22(13-18-7-10-20(30)11-8-18)17-34(21-5-3-2-4-6-21)27-16-26(32)23(15-28(27)37-33)19-9-12-25(31)24(14-19)29(35)36/h2-12,14-16,22H,13,17H2,1H3,(H,35,36). The van der Waals surface area contributed by atoms with Gasteiger partial charge in [-0.15, -0.1) is 0 Å². The molecule has 1 atom stereocenters. The fraction of sp³-hybridized carbons (Fsp3) is 0.138. The number of hydrogen-bond acceptors (Lipinski definition) is 4. The van der Waals surface area contributed by atoms with E-state index in [9.17, 15) is 14.3 Å². The van der Waals surface area contributed by atoms with E-state index in [4.69, 9.17) is 11.6 Å². The molecule has 1 aliphatic rings. The maximum absolute atomic E-state index is 15.6. The zero-order chi connectivity index (χ0) is 26.1. The van der Waals surface area contributed by atoms with Gasteiger partial charge in [0.25, 0.3) is 0 Å². The van der Waals surface area contributed by atoms with E-state index in [-0.39, 0.29) is 11.6 Å². The summed E-state index contributed by atoms with van der Waals surface area (Å²) in [4.78, 5) is 14.4. The van der Waals surface area contributed by atoms with E-state index >= 15 is 4.39 Å². The van der Waals surface area contributed by atoms with Crippen LogP contribution in [-0.2, 0) is 6.42 Å². The van der Waals surface area contributed by atoms with Gasteiger partial charge in [0, 0.05) is 33.8 Å². The normalized spacial score (nSPS) is 15.8. The molecule has 1 heterocycles. The Balaban J connectivity index is 1.59. The van der Waals surface area contributed by atoms with Crippen LogP contribution in [0.15, 0.2) is 89.8 Å². The lowest BCUT2D eigenvalue weighted by molar-refractivity contribution is 0.0692. The number of carboxylic acids is 1. The van der Waals surface area contributed by atoms with Gasteiger partial charge in [-0.1, -0.05) is 48.0 Å². The number of likely N-dealkylation sites (N-methyl/N-ethyl adjacent to an activating group) is 1. The summed E-state index contributed by atoms with van der Waals surface area (Å²) in [5, 5.41) is 10.0. The topological polar surface area (TPSA) is 43.8 Å². The Morgan fingerprint density at radius 3 is 2.43 bits per heavy atom. The molecule has 188 valence electrons. The van der Waals surface area contributed by atoms with Crippen molar-refractivity contribution in [1.29, 1.82) is 0 Å². The van der Waals surface area contributed by atoms with Crippen molar-refractivity contribution in [1.82, 2.24) is 4.31 Å². The van der Waals surface area contributed by atoms with E-state index in [0.717, 1.165) is 28.6 Å². The number of benzene rings is 4. The average Bonchev–Trinajstić information content (AvgIpc) is 3.01. The maximum atomic E-state index is 15.6. The van der Waals surface area contributed by atoms with E-state index in [1.165, 1.54) is 30.1 Å². The molecule has 0 amide bonds. The SMILES string of the molecule is CN1Sc2cc(-c3ccc(F)c(C(=O)O)c3)c(F)cc2N(c2ccccc2)CC1Cc1ccc(Cl)cc1. The molecule has 0 spiro atoms. The van der Waals surface area contributed by atoms with Gasteiger partial charge < -0.3 is 10.0 Å². The van der Waals surface area contributed by atoms with Crippen molar-refractivity contribution < 1.29 is 18.7 Å². The van der Waals surface area contributed by atoms with E-state index in [2.05, 4.69) is 9.21 Å². The molecule has 1 aliphatic heterocycles. The van der Waals surface area contributed by atoms with Crippen molar-refractivity contribution in [2.75, 3.05) is 18.5 Å². The molecule has 4 aromatic rings. The van der Waals surface area contributed by atoms with Gasteiger partial charge in [0.2, 0.25) is 0 Å². The summed E-state index contributed by atoms with van der Waals surface area (Å²) in [6, 6.07) is 24.5. The molecular weight excluding hydrogens is 514 g/mol. The summed E-state index contributed by atoms with van der Waals surface area (Å²) in [6.07, 6.45) is 0.757. The summed E-state index contributed by atoms with van der Waals surface area (Å²) in [5.41, 5.74) is 2.80. The van der Waals surface area contributed by atoms with Crippen molar-refractivity contribution in [2.45, 2.75) is 17.4 Å². The zero-order valence-electron chi connectivity index (χ0n) is 19.9. The van der Waals surface area contributed by atoms with Crippen LogP contribution < -0.4 is 4.90 Å². The Labute approximate surface area is 223 Å². The van der Waals surface area contributed by atoms with Crippen LogP contribution in [-0.4, -0.2) is 35.0 Å². The minimum atomic E-state index is -1.40. The van der Waals surface area contributed by atoms with E-state index in [0.29, 0.717) is 22.8 Å². The van der Waals surface area contributed by atoms with Crippen LogP contribution >= 0.6 is 23.5 Å². The summed E-state index contributed by atoms with van der Waals surface area (Å²) < 4.78 is 31.8. The van der Waals surface area contributed by atoms with E-state index < -0.39 is 23.2 Å². The number of halogens is 3. The van der Waals surface area contributed by atoms with Gasteiger partial charge in [-0.3, -0.25) is 0 Å². The smallest absolute Gasteiger partial charge is 0.338 e. The second-order valence-electron chi connectivity index (χ2n) is 8.87. The quantitative estimate of drug-likeness (QED) is 0.265. The Morgan fingerprint density at radius 2 is 1.73 bits per heavy atom. The largest absolute Gasteiger partial charge is 0.478 e. The van der Waals surface area contributed by atoms with Crippen LogP contribution in [0.25, 0.3) is 11.1 Å². The first-order chi connectivity index (χ1) is 17.8. The van der Waals surface area contributed by atoms with Crippen molar-refractivity contribution in [3.05, 3.63) is 113 Å². The van der Waals surface area contributed by atoms with Crippen molar-refractivity contribution in [3.63, 3.8) is 0 Å². The average molecular weight is 537 g/mol. The van der Waals surface area contributed by atoms with Gasteiger partial charge in [-0.25, -0.2) is 17.9 Å². The predicted octanol–water partition coefficient (Wildman–Crippen LogP) is 7.69. The first kappa shape index (κ1) is 25.3. The molecule has 5 rings (SSSR count). The maximum Gasteiger partial charge on any atom is 0.338 e. The lowest BCUT2D eigenvalue weighted by atomic mass is 10.0. The molecule has 4 nitrogen and oxygen atoms in total. The number of aromatic carboxylic acids is 1. The number of rotatable bonds is 5. The van der Waals surface area contributed by atoms with Crippen LogP contribution in [0.1, 0.15) is 15.9 Å². The van der Waals surface area contributed by atoms with E-state index in [1.54, 1.807) is 6.07 Å². The molecule has 0 saturated heterocycles. The van der Waals surface area contributed by atoms with Gasteiger partial charge >= 0.3 is 5.97 Å². The summed E-state index contributed by atoms with van der Waals surface area (Å²) in [6.45, 7) is 0.613. The van der Waals surface area contributed by atoms with Gasteiger partial charge in [0.1, 0.15) is 11.6 Å². The molecule has 4 aromatic carbocycles. The molecule has 0 radical (unpaired) electrons. The fourth-order valence-electron chi connectivity index (χ4n) is 4.50. The fourth-order valence-corrected chi connectivity index (χ4v) is 5.66. The number of fused-ring (bicyclic) bond motifs is 1. The zero-order valence-corrected chi connectivity index (χ0v) is 21.4. The van der Waals surface area contributed by atoms with Crippen molar-refractivity contribution >= 4 is 40.9 Å². The predicted molar refractivity (Wildman–Crippen MR) is 145 cm³/mol. The third-order valence-corrected chi connectivity index (χ3v) is 7.81. The number of carbonyl (C=O) groups is 1. The Bertz CT molecular complexity index is 1450. The first-order valence-electron chi connectivity index (χ1n) is 11.6. The summed E-state index contributed by atoms with van der Waals surface area (Å²) in [5.74, 6) is -2.77. The van der Waals surface area contributed by atoms with Gasteiger partial charge in [-0.2, -0.15) is 0 Å². The Kier molecular flexibility index (Phi) is 7.20. The minimum absolute atomic E-state index is 0.0785. The highest BCUT2D eigenvalue weighted by atomic mass is 35.5.